The second kappa shape index (κ2) is 5.82. The molecule has 0 spiro atoms. The summed E-state index contributed by atoms with van der Waals surface area (Å²) in [6.07, 6.45) is 6.68. The third-order valence-electron chi connectivity index (χ3n) is 3.93. The number of aromatic amines is 1. The summed E-state index contributed by atoms with van der Waals surface area (Å²) in [5.74, 6) is 0.631. The molecule has 3 heterocycles. The maximum atomic E-state index is 12.9. The van der Waals surface area contributed by atoms with Gasteiger partial charge in [0.15, 0.2) is 0 Å². The molecule has 0 saturated carbocycles. The number of hydrogen-bond donors (Lipinski definition) is 1. The topological polar surface area (TPSA) is 93.1 Å². The molecule has 1 saturated heterocycles. The fourth-order valence-corrected chi connectivity index (χ4v) is 4.29. The van der Waals surface area contributed by atoms with E-state index in [1.165, 1.54) is 10.5 Å². The first-order valence-electron chi connectivity index (χ1n) is 7.12. The first kappa shape index (κ1) is 15.2. The van der Waals surface area contributed by atoms with Crippen LogP contribution in [0, 0.1) is 0 Å². The molecule has 1 aliphatic heterocycles. The van der Waals surface area contributed by atoms with Crippen molar-refractivity contribution in [2.24, 2.45) is 0 Å². The van der Waals surface area contributed by atoms with Crippen LogP contribution in [0.4, 0.5) is 0 Å². The highest BCUT2D eigenvalue weighted by atomic mass is 32.2. The van der Waals surface area contributed by atoms with E-state index in [-0.39, 0.29) is 17.0 Å². The van der Waals surface area contributed by atoms with Crippen LogP contribution in [0.5, 0.6) is 0 Å². The van der Waals surface area contributed by atoms with Crippen molar-refractivity contribution in [3.63, 3.8) is 0 Å². The highest BCUT2D eigenvalue weighted by Crippen LogP contribution is 2.36. The molecule has 2 aromatic rings. The highest BCUT2D eigenvalue weighted by Gasteiger charge is 2.42. The lowest BCUT2D eigenvalue weighted by atomic mass is 10.2. The number of imidazole rings is 1. The minimum absolute atomic E-state index is 0.147. The number of hydrogen-bond acceptors (Lipinski definition) is 5. The third kappa shape index (κ3) is 2.55. The third-order valence-corrected chi connectivity index (χ3v) is 5.75. The molecule has 0 aromatic carbocycles. The number of rotatable bonds is 5. The lowest BCUT2D eigenvalue weighted by molar-refractivity contribution is 0.114. The molecule has 1 N–H and O–H groups in total. The molecular weight excluding hydrogens is 306 g/mol. The Morgan fingerprint density at radius 3 is 2.91 bits per heavy atom. The standard InChI is InChI=1S/C13H19N5O3S/c1-3-17-9-11(7-16-17)22(19,20)18-8-10(21-2)6-12(18)13-14-4-5-15-13/h4-5,7,9-10,12H,3,6,8H2,1-2H3,(H,14,15)/t10-,12?/m1/s1. The van der Waals surface area contributed by atoms with Crippen molar-refractivity contribution < 1.29 is 13.2 Å². The number of methoxy groups -OCH3 is 1. The second-order valence-corrected chi connectivity index (χ2v) is 7.08. The average Bonchev–Trinajstić information content (AvgIpc) is 3.24. The maximum absolute atomic E-state index is 12.9. The van der Waals surface area contributed by atoms with E-state index in [9.17, 15) is 8.42 Å². The van der Waals surface area contributed by atoms with E-state index in [4.69, 9.17) is 4.74 Å². The van der Waals surface area contributed by atoms with E-state index < -0.39 is 10.0 Å². The number of nitrogens with one attached hydrogen (secondary N) is 1. The van der Waals surface area contributed by atoms with Gasteiger partial charge in [-0.15, -0.1) is 0 Å². The number of H-pyrrole nitrogens is 1. The molecular formula is C13H19N5O3S. The molecule has 2 atom stereocenters. The van der Waals surface area contributed by atoms with Crippen LogP contribution in [-0.4, -0.2) is 52.2 Å². The monoisotopic (exact) mass is 325 g/mol. The Balaban J connectivity index is 1.96. The zero-order valence-electron chi connectivity index (χ0n) is 12.5. The fraction of sp³-hybridized carbons (Fsp3) is 0.538. The van der Waals surface area contributed by atoms with Crippen LogP contribution in [0.3, 0.4) is 0 Å². The molecule has 120 valence electrons. The Hall–Kier alpha value is -1.71. The van der Waals surface area contributed by atoms with Gasteiger partial charge in [-0.25, -0.2) is 13.4 Å². The molecule has 0 bridgehead atoms. The van der Waals surface area contributed by atoms with Crippen molar-refractivity contribution in [2.45, 2.75) is 36.9 Å². The first-order valence-corrected chi connectivity index (χ1v) is 8.56. The number of aryl methyl sites for hydroxylation is 1. The maximum Gasteiger partial charge on any atom is 0.246 e. The van der Waals surface area contributed by atoms with Crippen molar-refractivity contribution in [1.29, 1.82) is 0 Å². The van der Waals surface area contributed by atoms with Crippen molar-refractivity contribution in [3.05, 3.63) is 30.6 Å². The summed E-state index contributed by atoms with van der Waals surface area (Å²) in [6, 6.07) is -0.352. The van der Waals surface area contributed by atoms with Gasteiger partial charge in [-0.2, -0.15) is 9.40 Å². The molecule has 1 fully saturated rings. The smallest absolute Gasteiger partial charge is 0.246 e. The summed E-state index contributed by atoms with van der Waals surface area (Å²) in [5, 5.41) is 4.06. The summed E-state index contributed by atoms with van der Waals surface area (Å²) in [6.45, 7) is 2.84. The zero-order chi connectivity index (χ0) is 15.7. The van der Waals surface area contributed by atoms with Crippen molar-refractivity contribution in [1.82, 2.24) is 24.1 Å². The summed E-state index contributed by atoms with van der Waals surface area (Å²) in [5.41, 5.74) is 0. The van der Waals surface area contributed by atoms with Crippen molar-refractivity contribution in [2.75, 3.05) is 13.7 Å². The minimum atomic E-state index is -3.64. The Morgan fingerprint density at radius 2 is 2.32 bits per heavy atom. The highest BCUT2D eigenvalue weighted by molar-refractivity contribution is 7.89. The van der Waals surface area contributed by atoms with Crippen LogP contribution in [0.15, 0.2) is 29.7 Å². The van der Waals surface area contributed by atoms with Gasteiger partial charge < -0.3 is 9.72 Å². The summed E-state index contributed by atoms with van der Waals surface area (Å²) in [7, 11) is -2.04. The zero-order valence-corrected chi connectivity index (χ0v) is 13.3. The Labute approximate surface area is 129 Å². The Morgan fingerprint density at radius 1 is 1.50 bits per heavy atom. The second-order valence-electron chi connectivity index (χ2n) is 5.19. The van der Waals surface area contributed by atoms with E-state index in [1.807, 2.05) is 6.92 Å². The van der Waals surface area contributed by atoms with Gasteiger partial charge in [-0.1, -0.05) is 0 Å². The average molecular weight is 325 g/mol. The van der Waals surface area contributed by atoms with Crippen LogP contribution in [0.25, 0.3) is 0 Å². The van der Waals surface area contributed by atoms with Crippen LogP contribution in [0.1, 0.15) is 25.2 Å². The molecule has 1 unspecified atom stereocenters. The SMILES string of the molecule is CCn1cc(S(=O)(=O)N2C[C@H](OC)CC2c2ncc[nH]2)cn1. The van der Waals surface area contributed by atoms with Gasteiger partial charge in [-0.05, 0) is 13.3 Å². The summed E-state index contributed by atoms with van der Waals surface area (Å²) in [4.78, 5) is 7.40. The predicted octanol–water partition coefficient (Wildman–Crippen LogP) is 0.777. The normalized spacial score (nSPS) is 23.2. The summed E-state index contributed by atoms with van der Waals surface area (Å²) < 4.78 is 34.2. The predicted molar refractivity (Wildman–Crippen MR) is 78.5 cm³/mol. The van der Waals surface area contributed by atoms with Crippen LogP contribution < -0.4 is 0 Å². The van der Waals surface area contributed by atoms with E-state index in [1.54, 1.807) is 30.4 Å². The van der Waals surface area contributed by atoms with Gasteiger partial charge in [0.05, 0.1) is 18.3 Å². The number of sulfonamides is 1. The van der Waals surface area contributed by atoms with Crippen molar-refractivity contribution >= 4 is 10.0 Å². The summed E-state index contributed by atoms with van der Waals surface area (Å²) >= 11 is 0. The Bertz CT molecular complexity index is 725. The van der Waals surface area contributed by atoms with E-state index in [0.29, 0.717) is 25.3 Å². The molecule has 22 heavy (non-hydrogen) atoms. The van der Waals surface area contributed by atoms with Crippen LogP contribution in [-0.2, 0) is 21.3 Å². The minimum Gasteiger partial charge on any atom is -0.380 e. The van der Waals surface area contributed by atoms with E-state index in [2.05, 4.69) is 15.1 Å². The molecule has 0 radical (unpaired) electrons. The van der Waals surface area contributed by atoms with Crippen LogP contribution in [0.2, 0.25) is 0 Å². The molecule has 9 heteroatoms. The largest absolute Gasteiger partial charge is 0.380 e. The molecule has 2 aromatic heterocycles. The van der Waals surface area contributed by atoms with Gasteiger partial charge in [0.1, 0.15) is 10.7 Å². The Kier molecular flexibility index (Phi) is 4.02. The quantitative estimate of drug-likeness (QED) is 0.877. The van der Waals surface area contributed by atoms with Gasteiger partial charge in [0, 0.05) is 38.8 Å². The molecule has 3 rings (SSSR count). The van der Waals surface area contributed by atoms with E-state index in [0.717, 1.165) is 0 Å². The number of nitrogens with zero attached hydrogens (tertiary/aromatic N) is 4. The van der Waals surface area contributed by atoms with Crippen molar-refractivity contribution in [3.8, 4) is 0 Å². The van der Waals surface area contributed by atoms with Gasteiger partial charge in [-0.3, -0.25) is 4.68 Å². The lowest BCUT2D eigenvalue weighted by Gasteiger charge is -2.21. The first-order chi connectivity index (χ1) is 10.6. The van der Waals surface area contributed by atoms with Crippen LogP contribution >= 0.6 is 0 Å². The van der Waals surface area contributed by atoms with Gasteiger partial charge in [0.25, 0.3) is 0 Å². The number of aromatic nitrogens is 4. The molecule has 0 aliphatic carbocycles. The lowest BCUT2D eigenvalue weighted by Crippen LogP contribution is -2.32. The molecule has 8 nitrogen and oxygen atoms in total. The number of ether oxygens (including phenoxy) is 1. The fourth-order valence-electron chi connectivity index (χ4n) is 2.70. The molecule has 1 aliphatic rings. The van der Waals surface area contributed by atoms with Gasteiger partial charge in [0.2, 0.25) is 10.0 Å². The van der Waals surface area contributed by atoms with E-state index >= 15 is 0 Å². The van der Waals surface area contributed by atoms with Gasteiger partial charge >= 0.3 is 0 Å². The molecule has 0 amide bonds.